The minimum absolute atomic E-state index is 0.0805. The molecule has 0 atom stereocenters. The summed E-state index contributed by atoms with van der Waals surface area (Å²) in [6.45, 7) is 0. The van der Waals surface area contributed by atoms with Crippen LogP contribution in [0.4, 0.5) is 0 Å². The maximum absolute atomic E-state index is 11.7. The first-order valence-corrected chi connectivity index (χ1v) is 6.33. The van der Waals surface area contributed by atoms with Gasteiger partial charge in [0.15, 0.2) is 5.82 Å². The first-order chi connectivity index (χ1) is 8.74. The Hall–Kier alpha value is -1.91. The van der Waals surface area contributed by atoms with E-state index in [1.54, 1.807) is 16.9 Å². The molecule has 5 heteroatoms. The highest BCUT2D eigenvalue weighted by Gasteiger charge is 2.20. The maximum atomic E-state index is 11.7. The van der Waals surface area contributed by atoms with Crippen molar-refractivity contribution < 1.29 is 0 Å². The molecule has 0 aromatic carbocycles. The fourth-order valence-electron chi connectivity index (χ4n) is 2.63. The smallest absolute Gasteiger partial charge is 0.251 e. The summed E-state index contributed by atoms with van der Waals surface area (Å²) in [6.07, 6.45) is 6.46. The lowest BCUT2D eigenvalue weighted by Crippen LogP contribution is -2.13. The molecule has 0 radical (unpaired) electrons. The normalized spacial score (nSPS) is 16.3. The van der Waals surface area contributed by atoms with Crippen LogP contribution in [-0.2, 0) is 7.05 Å². The Bertz CT molecular complexity index is 607. The summed E-state index contributed by atoms with van der Waals surface area (Å²) in [5.41, 5.74) is 1.68. The van der Waals surface area contributed by atoms with Crippen LogP contribution in [0.1, 0.15) is 37.3 Å². The average molecular weight is 244 g/mol. The number of nitrogens with one attached hydrogen (secondary N) is 1. The highest BCUT2D eigenvalue weighted by Crippen LogP contribution is 2.32. The molecule has 0 aliphatic heterocycles. The Morgan fingerprint density at radius 3 is 2.83 bits per heavy atom. The van der Waals surface area contributed by atoms with E-state index in [2.05, 4.69) is 15.1 Å². The van der Waals surface area contributed by atoms with E-state index in [9.17, 15) is 4.79 Å². The van der Waals surface area contributed by atoms with Crippen LogP contribution in [0.2, 0.25) is 0 Å². The van der Waals surface area contributed by atoms with Crippen LogP contribution in [0.3, 0.4) is 0 Å². The number of hydrogen-bond acceptors (Lipinski definition) is 3. The Morgan fingerprint density at radius 1 is 1.39 bits per heavy atom. The van der Waals surface area contributed by atoms with Crippen molar-refractivity contribution in [1.29, 1.82) is 0 Å². The molecule has 1 aliphatic carbocycles. The second-order valence-corrected chi connectivity index (χ2v) is 4.84. The van der Waals surface area contributed by atoms with Gasteiger partial charge in [0.1, 0.15) is 5.69 Å². The lowest BCUT2D eigenvalue weighted by Gasteiger charge is -2.09. The van der Waals surface area contributed by atoms with Gasteiger partial charge < -0.3 is 4.98 Å². The number of aromatic amines is 1. The van der Waals surface area contributed by atoms with Crippen LogP contribution in [0.15, 0.2) is 23.1 Å². The van der Waals surface area contributed by atoms with Crippen LogP contribution in [0.5, 0.6) is 0 Å². The zero-order chi connectivity index (χ0) is 12.5. The van der Waals surface area contributed by atoms with E-state index in [4.69, 9.17) is 0 Å². The zero-order valence-electron chi connectivity index (χ0n) is 10.4. The quantitative estimate of drug-likeness (QED) is 0.876. The van der Waals surface area contributed by atoms with Gasteiger partial charge in [-0.15, -0.1) is 0 Å². The van der Waals surface area contributed by atoms with E-state index >= 15 is 0 Å². The van der Waals surface area contributed by atoms with Gasteiger partial charge in [-0.05, 0) is 18.9 Å². The number of rotatable bonds is 2. The fraction of sp³-hybridized carbons (Fsp3) is 0.462. The molecule has 5 nitrogen and oxygen atoms in total. The molecule has 0 bridgehead atoms. The summed E-state index contributed by atoms with van der Waals surface area (Å²) in [7, 11) is 1.84. The molecule has 1 N–H and O–H groups in total. The SMILES string of the molecule is Cn1nccc1-c1nc(C2CCCC2)cc(=O)[nH]1. The molecule has 2 aromatic rings. The minimum atomic E-state index is -0.0805. The van der Waals surface area contributed by atoms with Gasteiger partial charge in [0.2, 0.25) is 0 Å². The number of H-pyrrole nitrogens is 1. The first kappa shape index (κ1) is 11.2. The lowest BCUT2D eigenvalue weighted by atomic mass is 10.0. The molecule has 0 spiro atoms. The van der Waals surface area contributed by atoms with E-state index < -0.39 is 0 Å². The van der Waals surface area contributed by atoms with Gasteiger partial charge in [0, 0.05) is 25.2 Å². The molecule has 1 aliphatic rings. The lowest BCUT2D eigenvalue weighted by molar-refractivity contribution is 0.690. The third-order valence-corrected chi connectivity index (χ3v) is 3.60. The zero-order valence-corrected chi connectivity index (χ0v) is 10.4. The van der Waals surface area contributed by atoms with Gasteiger partial charge in [0.25, 0.3) is 5.56 Å². The fourth-order valence-corrected chi connectivity index (χ4v) is 2.63. The van der Waals surface area contributed by atoms with Crippen molar-refractivity contribution in [3.05, 3.63) is 34.4 Å². The van der Waals surface area contributed by atoms with E-state index in [0.29, 0.717) is 11.7 Å². The third-order valence-electron chi connectivity index (χ3n) is 3.60. The Morgan fingerprint density at radius 2 is 2.17 bits per heavy atom. The monoisotopic (exact) mass is 244 g/mol. The van der Waals surface area contributed by atoms with E-state index in [0.717, 1.165) is 24.2 Å². The molecule has 94 valence electrons. The van der Waals surface area contributed by atoms with E-state index in [1.165, 1.54) is 12.8 Å². The number of aromatic nitrogens is 4. The van der Waals surface area contributed by atoms with Crippen molar-refractivity contribution >= 4 is 0 Å². The van der Waals surface area contributed by atoms with Crippen LogP contribution >= 0.6 is 0 Å². The second kappa shape index (κ2) is 4.40. The van der Waals surface area contributed by atoms with Gasteiger partial charge in [-0.2, -0.15) is 5.10 Å². The minimum Gasteiger partial charge on any atom is -0.305 e. The highest BCUT2D eigenvalue weighted by atomic mass is 16.1. The predicted octanol–water partition coefficient (Wildman–Crippen LogP) is 1.83. The third kappa shape index (κ3) is 1.96. The predicted molar refractivity (Wildman–Crippen MR) is 68.3 cm³/mol. The van der Waals surface area contributed by atoms with Crippen LogP contribution in [-0.4, -0.2) is 19.7 Å². The van der Waals surface area contributed by atoms with Crippen molar-refractivity contribution in [2.24, 2.45) is 7.05 Å². The molecule has 2 aromatic heterocycles. The van der Waals surface area contributed by atoms with Crippen molar-refractivity contribution in [3.63, 3.8) is 0 Å². The molecule has 0 unspecified atom stereocenters. The molecule has 1 fully saturated rings. The van der Waals surface area contributed by atoms with Crippen LogP contribution in [0, 0.1) is 0 Å². The van der Waals surface area contributed by atoms with Gasteiger partial charge in [-0.25, -0.2) is 4.98 Å². The van der Waals surface area contributed by atoms with Crippen molar-refractivity contribution in [2.75, 3.05) is 0 Å². The molecule has 18 heavy (non-hydrogen) atoms. The number of nitrogens with zero attached hydrogens (tertiary/aromatic N) is 3. The van der Waals surface area contributed by atoms with E-state index in [-0.39, 0.29) is 5.56 Å². The van der Waals surface area contributed by atoms with Crippen LogP contribution < -0.4 is 5.56 Å². The summed E-state index contributed by atoms with van der Waals surface area (Å²) in [4.78, 5) is 19.1. The molecule has 0 saturated heterocycles. The van der Waals surface area contributed by atoms with Crippen molar-refractivity contribution in [1.82, 2.24) is 19.7 Å². The van der Waals surface area contributed by atoms with Gasteiger partial charge >= 0.3 is 0 Å². The molecule has 2 heterocycles. The van der Waals surface area contributed by atoms with Gasteiger partial charge in [-0.3, -0.25) is 9.48 Å². The Labute approximate surface area is 105 Å². The number of aryl methyl sites for hydroxylation is 1. The topological polar surface area (TPSA) is 63.6 Å². The van der Waals surface area contributed by atoms with Gasteiger partial charge in [0.05, 0.1) is 5.69 Å². The van der Waals surface area contributed by atoms with E-state index in [1.807, 2.05) is 13.1 Å². The summed E-state index contributed by atoms with van der Waals surface area (Å²) in [5.74, 6) is 1.06. The average Bonchev–Trinajstić information content (AvgIpc) is 2.98. The molecular weight excluding hydrogens is 228 g/mol. The van der Waals surface area contributed by atoms with Crippen LogP contribution in [0.25, 0.3) is 11.5 Å². The summed E-state index contributed by atoms with van der Waals surface area (Å²) in [6, 6.07) is 3.49. The van der Waals surface area contributed by atoms with Crippen molar-refractivity contribution in [2.45, 2.75) is 31.6 Å². The maximum Gasteiger partial charge on any atom is 0.251 e. The number of hydrogen-bond donors (Lipinski definition) is 1. The van der Waals surface area contributed by atoms with Gasteiger partial charge in [-0.1, -0.05) is 12.8 Å². The summed E-state index contributed by atoms with van der Waals surface area (Å²) >= 11 is 0. The summed E-state index contributed by atoms with van der Waals surface area (Å²) < 4.78 is 1.72. The Kier molecular flexibility index (Phi) is 2.74. The molecule has 1 saturated carbocycles. The van der Waals surface area contributed by atoms with Crippen molar-refractivity contribution in [3.8, 4) is 11.5 Å². The second-order valence-electron chi connectivity index (χ2n) is 4.84. The molecule has 3 rings (SSSR count). The first-order valence-electron chi connectivity index (χ1n) is 6.33. The Balaban J connectivity index is 2.06. The molecular formula is C13H16N4O. The standard InChI is InChI=1S/C13H16N4O/c1-17-11(6-7-14-17)13-15-10(8-12(18)16-13)9-4-2-3-5-9/h6-9H,2-5H2,1H3,(H,15,16,18). The molecule has 0 amide bonds. The summed E-state index contributed by atoms with van der Waals surface area (Å²) in [5, 5.41) is 4.10. The largest absolute Gasteiger partial charge is 0.305 e. The highest BCUT2D eigenvalue weighted by molar-refractivity contribution is 5.48.